The third-order valence-electron chi connectivity index (χ3n) is 1.14. The number of aryl methyl sites for hydroxylation is 1. The normalized spacial score (nSPS) is 9.00. The topological polar surface area (TPSA) is 29.4 Å². The van der Waals surface area contributed by atoms with E-state index in [0.717, 1.165) is 5.56 Å². The Bertz CT molecular complexity index is 220. The van der Waals surface area contributed by atoms with E-state index in [-0.39, 0.29) is 0 Å². The molecule has 0 N–H and O–H groups in total. The molecule has 0 aliphatic rings. The highest BCUT2D eigenvalue weighted by atomic mass is 16.3. The van der Waals surface area contributed by atoms with Crippen LogP contribution in [0.3, 0.4) is 0 Å². The summed E-state index contributed by atoms with van der Waals surface area (Å²) >= 11 is 0. The average Bonchev–Trinajstić information content (AvgIpc) is 1.89. The molecule has 1 aromatic rings. The van der Waals surface area contributed by atoms with Gasteiger partial charge < -0.3 is 0 Å². The summed E-state index contributed by atoms with van der Waals surface area (Å²) in [6, 6.07) is 7.88. The Hall–Kier alpha value is -1.18. The van der Waals surface area contributed by atoms with Crippen LogP contribution >= 0.6 is 0 Å². The van der Waals surface area contributed by atoms with E-state index in [0.29, 0.717) is 5.69 Å². The monoisotopic (exact) mass is 120 g/mol. The number of nitrogens with zero attached hydrogens (tertiary/aromatic N) is 1. The summed E-state index contributed by atoms with van der Waals surface area (Å²) in [5.41, 5.74) is 1.36. The van der Waals surface area contributed by atoms with Gasteiger partial charge in [0.25, 0.3) is 0 Å². The van der Waals surface area contributed by atoms with Gasteiger partial charge in [0, 0.05) is 0 Å². The average molecular weight is 120 g/mol. The predicted molar refractivity (Wildman–Crippen MR) is 35.5 cm³/mol. The molecule has 0 aliphatic heterocycles. The van der Waals surface area contributed by atoms with Crippen LogP contribution in [0.4, 0.5) is 5.69 Å². The van der Waals surface area contributed by atoms with Crippen molar-refractivity contribution in [3.8, 4) is 0 Å². The molecule has 0 unspecified atom stereocenters. The molecular weight excluding hydrogens is 114 g/mol. The van der Waals surface area contributed by atoms with Crippen LogP contribution in [0.25, 0.3) is 0 Å². The van der Waals surface area contributed by atoms with Crippen molar-refractivity contribution in [1.82, 2.24) is 0 Å². The van der Waals surface area contributed by atoms with Crippen molar-refractivity contribution in [1.29, 1.82) is 0 Å². The fourth-order valence-corrected chi connectivity index (χ4v) is 0.608. The summed E-state index contributed by atoms with van der Waals surface area (Å²) in [5.74, 6) is 0. The quantitative estimate of drug-likeness (QED) is 0.522. The standard InChI is InChI=1S/C7H6NO/c1-6-4-2-3-5-7(6)8-9/h3-5H,1H3. The van der Waals surface area contributed by atoms with E-state index in [1.807, 2.05) is 6.92 Å². The fraction of sp³-hybridized carbons (Fsp3) is 0.143. The zero-order valence-electron chi connectivity index (χ0n) is 5.09. The molecule has 1 radical (unpaired) electrons. The van der Waals surface area contributed by atoms with Gasteiger partial charge in [-0.05, 0) is 35.9 Å². The van der Waals surface area contributed by atoms with Crippen molar-refractivity contribution in [2.75, 3.05) is 0 Å². The molecule has 2 heteroatoms. The predicted octanol–water partition coefficient (Wildman–Crippen LogP) is 2.19. The van der Waals surface area contributed by atoms with Crippen LogP contribution in [0.1, 0.15) is 5.56 Å². The maximum Gasteiger partial charge on any atom is 0.110 e. The van der Waals surface area contributed by atoms with Gasteiger partial charge in [0.15, 0.2) is 0 Å². The van der Waals surface area contributed by atoms with Crippen LogP contribution in [-0.2, 0) is 0 Å². The fourth-order valence-electron chi connectivity index (χ4n) is 0.608. The maximum absolute atomic E-state index is 9.96. The lowest BCUT2D eigenvalue weighted by Gasteiger charge is -1.90. The largest absolute Gasteiger partial charge is 0.145 e. The van der Waals surface area contributed by atoms with E-state index in [1.165, 1.54) is 0 Å². The molecular formula is C7H6NO. The highest BCUT2D eigenvalue weighted by Gasteiger charge is 1.91. The van der Waals surface area contributed by atoms with Gasteiger partial charge >= 0.3 is 0 Å². The van der Waals surface area contributed by atoms with Crippen molar-refractivity contribution < 1.29 is 0 Å². The molecule has 1 rings (SSSR count). The number of benzene rings is 1. The molecule has 0 bridgehead atoms. The van der Waals surface area contributed by atoms with Crippen LogP contribution in [0.2, 0.25) is 0 Å². The second-order valence-corrected chi connectivity index (χ2v) is 1.80. The lowest BCUT2D eigenvalue weighted by atomic mass is 10.2. The molecule has 45 valence electrons. The number of hydrogen-bond acceptors (Lipinski definition) is 2. The van der Waals surface area contributed by atoms with E-state index in [1.54, 1.807) is 18.2 Å². The Labute approximate surface area is 53.5 Å². The van der Waals surface area contributed by atoms with Crippen molar-refractivity contribution in [3.63, 3.8) is 0 Å². The van der Waals surface area contributed by atoms with Gasteiger partial charge in [0.05, 0.1) is 0 Å². The number of nitroso groups, excluding NO2 is 1. The summed E-state index contributed by atoms with van der Waals surface area (Å²) in [7, 11) is 0. The Morgan fingerprint density at radius 2 is 2.44 bits per heavy atom. The summed E-state index contributed by atoms with van der Waals surface area (Å²) in [6.07, 6.45) is 0. The van der Waals surface area contributed by atoms with Crippen molar-refractivity contribution >= 4 is 5.69 Å². The van der Waals surface area contributed by atoms with Crippen molar-refractivity contribution in [2.45, 2.75) is 6.92 Å². The molecule has 0 fully saturated rings. The number of hydrogen-bond donors (Lipinski definition) is 0. The second-order valence-electron chi connectivity index (χ2n) is 1.80. The van der Waals surface area contributed by atoms with Crippen molar-refractivity contribution in [3.05, 3.63) is 34.7 Å². The van der Waals surface area contributed by atoms with E-state index in [4.69, 9.17) is 0 Å². The van der Waals surface area contributed by atoms with Gasteiger partial charge in [0.1, 0.15) is 5.69 Å². The van der Waals surface area contributed by atoms with Crippen LogP contribution in [0.15, 0.2) is 23.4 Å². The van der Waals surface area contributed by atoms with Gasteiger partial charge in [-0.3, -0.25) is 0 Å². The van der Waals surface area contributed by atoms with Crippen molar-refractivity contribution in [2.24, 2.45) is 5.18 Å². The minimum absolute atomic E-state index is 0.494. The van der Waals surface area contributed by atoms with Gasteiger partial charge in [-0.25, -0.2) is 0 Å². The van der Waals surface area contributed by atoms with Gasteiger partial charge in [0.2, 0.25) is 0 Å². The maximum atomic E-state index is 9.96. The van der Waals surface area contributed by atoms with Gasteiger partial charge in [-0.1, -0.05) is 6.07 Å². The smallest absolute Gasteiger partial charge is 0.110 e. The molecule has 1 aromatic carbocycles. The van der Waals surface area contributed by atoms with E-state index < -0.39 is 0 Å². The lowest BCUT2D eigenvalue weighted by molar-refractivity contribution is 1.38. The molecule has 0 saturated heterocycles. The molecule has 0 heterocycles. The van der Waals surface area contributed by atoms with E-state index in [2.05, 4.69) is 11.2 Å². The molecule has 0 atom stereocenters. The molecule has 0 aliphatic carbocycles. The molecule has 2 nitrogen and oxygen atoms in total. The molecule has 0 aromatic heterocycles. The van der Waals surface area contributed by atoms with Crippen LogP contribution in [0.5, 0.6) is 0 Å². The Balaban J connectivity index is 3.15. The first-order chi connectivity index (χ1) is 4.34. The minimum Gasteiger partial charge on any atom is -0.145 e. The molecule has 9 heavy (non-hydrogen) atoms. The number of rotatable bonds is 1. The summed E-state index contributed by atoms with van der Waals surface area (Å²) in [5, 5.41) is 2.80. The van der Waals surface area contributed by atoms with E-state index in [9.17, 15) is 4.91 Å². The van der Waals surface area contributed by atoms with Crippen LogP contribution in [0, 0.1) is 17.9 Å². The summed E-state index contributed by atoms with van der Waals surface area (Å²) < 4.78 is 0. The third-order valence-corrected chi connectivity index (χ3v) is 1.14. The van der Waals surface area contributed by atoms with Crippen LogP contribution in [-0.4, -0.2) is 0 Å². The first kappa shape index (κ1) is 5.95. The molecule has 0 amide bonds. The zero-order valence-corrected chi connectivity index (χ0v) is 5.09. The third kappa shape index (κ3) is 1.13. The SMILES string of the molecule is Cc1c[c]ccc1N=O. The zero-order chi connectivity index (χ0) is 6.69. The summed E-state index contributed by atoms with van der Waals surface area (Å²) in [6.45, 7) is 1.83. The highest BCUT2D eigenvalue weighted by molar-refractivity contribution is 5.43. The Kier molecular flexibility index (Phi) is 1.58. The Morgan fingerprint density at radius 1 is 1.67 bits per heavy atom. The summed E-state index contributed by atoms with van der Waals surface area (Å²) in [4.78, 5) is 9.96. The minimum atomic E-state index is 0.494. The first-order valence-electron chi connectivity index (χ1n) is 2.64. The van der Waals surface area contributed by atoms with Crippen LogP contribution < -0.4 is 0 Å². The Morgan fingerprint density at radius 3 is 2.89 bits per heavy atom. The highest BCUT2D eigenvalue weighted by Crippen LogP contribution is 2.15. The van der Waals surface area contributed by atoms with Gasteiger partial charge in [-0.15, -0.1) is 4.91 Å². The molecule has 0 saturated carbocycles. The second kappa shape index (κ2) is 2.40. The lowest BCUT2D eigenvalue weighted by Crippen LogP contribution is -1.69. The first-order valence-corrected chi connectivity index (χ1v) is 2.64. The van der Waals surface area contributed by atoms with E-state index >= 15 is 0 Å². The molecule has 0 spiro atoms. The van der Waals surface area contributed by atoms with Gasteiger partial charge in [-0.2, -0.15) is 0 Å².